The van der Waals surface area contributed by atoms with E-state index in [4.69, 9.17) is 14.4 Å². The lowest BCUT2D eigenvalue weighted by molar-refractivity contribution is -0.274. The van der Waals surface area contributed by atoms with Crippen LogP contribution < -0.4 is 9.64 Å². The zero-order chi connectivity index (χ0) is 26.4. The Morgan fingerprint density at radius 1 is 1.08 bits per heavy atom. The molecule has 9 nitrogen and oxygen atoms in total. The number of aromatic nitrogens is 3. The van der Waals surface area contributed by atoms with Crippen LogP contribution in [-0.2, 0) is 11.3 Å². The van der Waals surface area contributed by atoms with Gasteiger partial charge in [-0.3, -0.25) is 0 Å². The summed E-state index contributed by atoms with van der Waals surface area (Å²) in [4.78, 5) is 21.8. The van der Waals surface area contributed by atoms with Gasteiger partial charge in [-0.1, -0.05) is 17.3 Å². The van der Waals surface area contributed by atoms with Gasteiger partial charge >= 0.3 is 12.3 Å². The quantitative estimate of drug-likeness (QED) is 0.414. The summed E-state index contributed by atoms with van der Waals surface area (Å²) in [5.74, 6) is -0.0433. The molecule has 1 aliphatic carbocycles. The van der Waals surface area contributed by atoms with Gasteiger partial charge in [-0.25, -0.2) is 14.8 Å². The van der Waals surface area contributed by atoms with Crippen LogP contribution in [0.15, 0.2) is 41.2 Å². The van der Waals surface area contributed by atoms with Crippen LogP contribution in [0.5, 0.6) is 5.75 Å². The molecule has 2 atom stereocenters. The highest BCUT2D eigenvalue weighted by molar-refractivity contribution is 5.86. The third kappa shape index (κ3) is 4.92. The van der Waals surface area contributed by atoms with E-state index in [1.165, 1.54) is 30.6 Å². The number of hydrogen-bond donors (Lipinski definition) is 1. The lowest BCUT2D eigenvalue weighted by Gasteiger charge is -2.38. The number of fused-ring (bicyclic) bond motifs is 2. The molecule has 2 saturated heterocycles. The second-order valence-electron chi connectivity index (χ2n) is 9.97. The summed E-state index contributed by atoms with van der Waals surface area (Å²) >= 11 is 0. The van der Waals surface area contributed by atoms with Gasteiger partial charge in [0, 0.05) is 41.5 Å². The number of carboxylic acids is 1. The molecule has 12 heteroatoms. The van der Waals surface area contributed by atoms with Gasteiger partial charge in [-0.15, -0.1) is 13.2 Å². The molecular formula is C26H25F3N4O5. The first-order valence-electron chi connectivity index (χ1n) is 12.6. The Morgan fingerprint density at radius 3 is 2.39 bits per heavy atom. The van der Waals surface area contributed by atoms with Crippen molar-refractivity contribution in [3.63, 3.8) is 0 Å². The molecule has 1 N–H and O–H groups in total. The lowest BCUT2D eigenvalue weighted by Crippen LogP contribution is -2.46. The highest BCUT2D eigenvalue weighted by Crippen LogP contribution is 2.46. The van der Waals surface area contributed by atoms with E-state index in [2.05, 4.69) is 24.8 Å². The summed E-state index contributed by atoms with van der Waals surface area (Å²) in [6, 6.07) is 6.21. The van der Waals surface area contributed by atoms with Crippen molar-refractivity contribution in [3.05, 3.63) is 53.5 Å². The Kier molecular flexibility index (Phi) is 6.21. The number of anilines is 1. The molecule has 0 amide bonds. The number of rotatable bonds is 8. The van der Waals surface area contributed by atoms with Gasteiger partial charge in [-0.2, -0.15) is 0 Å². The number of benzene rings is 1. The summed E-state index contributed by atoms with van der Waals surface area (Å²) in [5.41, 5.74) is 1.21. The Balaban J connectivity index is 1.19. The van der Waals surface area contributed by atoms with Crippen molar-refractivity contribution in [2.24, 2.45) is 0 Å². The van der Waals surface area contributed by atoms with Crippen LogP contribution in [0.3, 0.4) is 0 Å². The number of ether oxygens (including phenoxy) is 2. The number of para-hydroxylation sites is 1. The monoisotopic (exact) mass is 530 g/mol. The van der Waals surface area contributed by atoms with Crippen molar-refractivity contribution in [2.75, 3.05) is 4.90 Å². The van der Waals surface area contributed by atoms with E-state index in [0.717, 1.165) is 38.5 Å². The summed E-state index contributed by atoms with van der Waals surface area (Å²) in [5, 5.41) is 13.3. The van der Waals surface area contributed by atoms with Crippen molar-refractivity contribution < 1.29 is 37.1 Å². The van der Waals surface area contributed by atoms with Gasteiger partial charge in [0.1, 0.15) is 17.2 Å². The second kappa shape index (κ2) is 9.57. The zero-order valence-electron chi connectivity index (χ0n) is 20.2. The second-order valence-corrected chi connectivity index (χ2v) is 9.97. The maximum absolute atomic E-state index is 13.0. The van der Waals surface area contributed by atoms with Crippen LogP contribution in [0.2, 0.25) is 0 Å². The third-order valence-corrected chi connectivity index (χ3v) is 7.40. The number of carbonyl (C=O) groups is 1. The molecule has 6 rings (SSSR count). The first-order valence-corrected chi connectivity index (χ1v) is 12.6. The van der Waals surface area contributed by atoms with Gasteiger partial charge in [0.2, 0.25) is 5.95 Å². The largest absolute Gasteiger partial charge is 0.573 e. The SMILES string of the molecule is O=C(O)c1cnc(N2[C@H]3CC[C@H]2CC(OCc2c(-c4ccccc4OC(F)(F)F)noc2C2CC2)C3)nc1. The average Bonchev–Trinajstić information content (AvgIpc) is 3.58. The van der Waals surface area contributed by atoms with E-state index in [-0.39, 0.29) is 47.6 Å². The smallest absolute Gasteiger partial charge is 0.478 e. The number of carboxylic acid groups (broad SMARTS) is 1. The lowest BCUT2D eigenvalue weighted by atomic mass is 9.99. The predicted octanol–water partition coefficient (Wildman–Crippen LogP) is 5.32. The molecule has 3 aliphatic rings. The van der Waals surface area contributed by atoms with E-state index in [9.17, 15) is 18.0 Å². The molecule has 0 spiro atoms. The summed E-state index contributed by atoms with van der Waals surface area (Å²) in [6.45, 7) is 0.166. The Bertz CT molecular complexity index is 1310. The topological polar surface area (TPSA) is 111 Å². The third-order valence-electron chi connectivity index (χ3n) is 7.40. The fourth-order valence-corrected chi connectivity index (χ4v) is 5.57. The molecule has 0 radical (unpaired) electrons. The first kappa shape index (κ1) is 24.7. The van der Waals surface area contributed by atoms with Gasteiger partial charge in [-0.05, 0) is 50.7 Å². The van der Waals surface area contributed by atoms with E-state index in [1.807, 2.05) is 0 Å². The summed E-state index contributed by atoms with van der Waals surface area (Å²) in [6.07, 6.45) is 2.96. The van der Waals surface area contributed by atoms with Crippen LogP contribution in [0.4, 0.5) is 19.1 Å². The molecule has 2 bridgehead atoms. The first-order chi connectivity index (χ1) is 18.3. The molecule has 0 unspecified atom stereocenters. The number of halogens is 3. The molecule has 1 aromatic carbocycles. The molecule has 200 valence electrons. The molecule has 4 heterocycles. The van der Waals surface area contributed by atoms with Crippen molar-refractivity contribution in [2.45, 2.75) is 75.6 Å². The average molecular weight is 531 g/mol. The predicted molar refractivity (Wildman–Crippen MR) is 127 cm³/mol. The Morgan fingerprint density at radius 2 is 1.76 bits per heavy atom. The molecule has 3 aromatic rings. The van der Waals surface area contributed by atoms with Gasteiger partial charge in [0.15, 0.2) is 0 Å². The standard InChI is InChI=1S/C26H25F3N4O5/c27-26(28,29)37-21-4-2-1-3-19(21)22-20(23(38-32-22)14-5-6-14)13-36-18-9-16-7-8-17(10-18)33(16)25-30-11-15(12-31-25)24(34)35/h1-4,11-12,14,16-18H,5-10,13H2,(H,34,35)/t16-,17-/m0/s1. The van der Waals surface area contributed by atoms with E-state index >= 15 is 0 Å². The molecule has 2 aromatic heterocycles. The van der Waals surface area contributed by atoms with Crippen LogP contribution in [0, 0.1) is 0 Å². The number of hydrogen-bond acceptors (Lipinski definition) is 8. The molecule has 1 saturated carbocycles. The summed E-state index contributed by atoms with van der Waals surface area (Å²) < 4.78 is 55.3. The van der Waals surface area contributed by atoms with Crippen LogP contribution in [0.25, 0.3) is 11.3 Å². The van der Waals surface area contributed by atoms with Crippen LogP contribution in [-0.4, -0.2) is 50.8 Å². The highest BCUT2D eigenvalue weighted by Gasteiger charge is 2.43. The maximum Gasteiger partial charge on any atom is 0.573 e. The van der Waals surface area contributed by atoms with Crippen molar-refractivity contribution >= 4 is 11.9 Å². The zero-order valence-corrected chi connectivity index (χ0v) is 20.2. The molecule has 2 aliphatic heterocycles. The number of piperidine rings is 1. The maximum atomic E-state index is 13.0. The van der Waals surface area contributed by atoms with Gasteiger partial charge in [0.05, 0.1) is 18.3 Å². The van der Waals surface area contributed by atoms with E-state index in [0.29, 0.717) is 23.0 Å². The van der Waals surface area contributed by atoms with Gasteiger partial charge in [0.25, 0.3) is 0 Å². The minimum atomic E-state index is -4.83. The summed E-state index contributed by atoms with van der Waals surface area (Å²) in [7, 11) is 0. The minimum absolute atomic E-state index is 0.0394. The minimum Gasteiger partial charge on any atom is -0.478 e. The molecular weight excluding hydrogens is 505 g/mol. The highest BCUT2D eigenvalue weighted by atomic mass is 19.4. The fraction of sp³-hybridized carbons (Fsp3) is 0.462. The Labute approximate surface area is 215 Å². The fourth-order valence-electron chi connectivity index (χ4n) is 5.57. The van der Waals surface area contributed by atoms with E-state index in [1.54, 1.807) is 6.07 Å². The van der Waals surface area contributed by atoms with Gasteiger partial charge < -0.3 is 24.0 Å². The molecule has 3 fully saturated rings. The van der Waals surface area contributed by atoms with Crippen molar-refractivity contribution in [1.29, 1.82) is 0 Å². The number of aromatic carboxylic acids is 1. The normalized spacial score (nSPS) is 23.0. The molecule has 38 heavy (non-hydrogen) atoms. The van der Waals surface area contributed by atoms with Crippen LogP contribution in [0.1, 0.15) is 66.1 Å². The number of nitrogens with zero attached hydrogens (tertiary/aromatic N) is 4. The van der Waals surface area contributed by atoms with Crippen molar-refractivity contribution in [1.82, 2.24) is 15.1 Å². The number of alkyl halides is 3. The Hall–Kier alpha value is -3.67. The van der Waals surface area contributed by atoms with E-state index < -0.39 is 12.3 Å². The van der Waals surface area contributed by atoms with Crippen molar-refractivity contribution in [3.8, 4) is 17.0 Å². The van der Waals surface area contributed by atoms with Crippen LogP contribution >= 0.6 is 0 Å².